The lowest BCUT2D eigenvalue weighted by atomic mass is 10.0. The molecule has 0 bridgehead atoms. The third kappa shape index (κ3) is 3.74. The zero-order valence-electron chi connectivity index (χ0n) is 17.5. The number of allylic oxidation sites excluding steroid dienone is 1. The van der Waals surface area contributed by atoms with Gasteiger partial charge in [0.15, 0.2) is 11.5 Å². The first-order valence-corrected chi connectivity index (χ1v) is 9.17. The quantitative estimate of drug-likeness (QED) is 0.536. The molecule has 1 amide bonds. The molecule has 0 saturated carbocycles. The van der Waals surface area contributed by atoms with E-state index >= 15 is 0 Å². The van der Waals surface area contributed by atoms with Crippen molar-refractivity contribution in [1.29, 1.82) is 0 Å². The highest BCUT2D eigenvalue weighted by molar-refractivity contribution is 6.23. The average molecular weight is 409 g/mol. The second-order valence-electron chi connectivity index (χ2n) is 6.46. The van der Waals surface area contributed by atoms with Gasteiger partial charge in [-0.25, -0.2) is 4.79 Å². The monoisotopic (exact) mass is 409 g/mol. The van der Waals surface area contributed by atoms with Crippen molar-refractivity contribution in [1.82, 2.24) is 0 Å². The van der Waals surface area contributed by atoms with Crippen LogP contribution in [0.2, 0.25) is 0 Å². The van der Waals surface area contributed by atoms with E-state index < -0.39 is 5.97 Å². The van der Waals surface area contributed by atoms with Crippen LogP contribution in [0.3, 0.4) is 0 Å². The van der Waals surface area contributed by atoms with Gasteiger partial charge in [0.25, 0.3) is 5.91 Å². The Labute approximate surface area is 175 Å². The molecule has 0 N–H and O–H groups in total. The minimum atomic E-state index is -0.580. The van der Waals surface area contributed by atoms with Crippen LogP contribution in [0.1, 0.15) is 12.5 Å². The van der Waals surface area contributed by atoms with Crippen LogP contribution in [0, 0.1) is 0 Å². The van der Waals surface area contributed by atoms with Crippen molar-refractivity contribution < 1.29 is 28.5 Å². The highest BCUT2D eigenvalue weighted by Gasteiger charge is 2.38. The molecule has 0 atom stereocenters. The number of esters is 1. The lowest BCUT2D eigenvalue weighted by Gasteiger charge is -2.19. The highest BCUT2D eigenvalue weighted by Crippen LogP contribution is 2.39. The summed E-state index contributed by atoms with van der Waals surface area (Å²) in [6.07, 6.45) is 1.66. The van der Waals surface area contributed by atoms with Crippen molar-refractivity contribution in [2.45, 2.75) is 6.92 Å². The molecule has 30 heavy (non-hydrogen) atoms. The van der Waals surface area contributed by atoms with Crippen molar-refractivity contribution in [2.75, 3.05) is 33.3 Å². The van der Waals surface area contributed by atoms with Crippen molar-refractivity contribution in [3.05, 3.63) is 64.9 Å². The molecule has 0 spiro atoms. The van der Waals surface area contributed by atoms with Gasteiger partial charge in [-0.15, -0.1) is 0 Å². The second-order valence-corrected chi connectivity index (χ2v) is 6.46. The molecular weight excluding hydrogens is 386 g/mol. The topological polar surface area (TPSA) is 74.3 Å². The molecule has 0 unspecified atom stereocenters. The van der Waals surface area contributed by atoms with Crippen molar-refractivity contribution in [2.24, 2.45) is 0 Å². The van der Waals surface area contributed by atoms with Gasteiger partial charge in [-0.3, -0.25) is 9.69 Å². The molecule has 0 radical (unpaired) electrons. The lowest BCUT2D eigenvalue weighted by molar-refractivity contribution is -0.136. The maximum atomic E-state index is 13.3. The fourth-order valence-corrected chi connectivity index (χ4v) is 3.32. The van der Waals surface area contributed by atoms with Crippen molar-refractivity contribution >= 4 is 23.6 Å². The molecule has 0 saturated heterocycles. The van der Waals surface area contributed by atoms with Crippen LogP contribution in [0.4, 0.5) is 5.69 Å². The Morgan fingerprint density at radius 2 is 1.57 bits per heavy atom. The van der Waals surface area contributed by atoms with Crippen molar-refractivity contribution in [3.63, 3.8) is 0 Å². The molecule has 7 nitrogen and oxygen atoms in total. The number of carbonyl (C=O) groups is 2. The molecule has 3 rings (SSSR count). The summed E-state index contributed by atoms with van der Waals surface area (Å²) in [7, 11) is 5.92. The van der Waals surface area contributed by atoms with Crippen LogP contribution in [0.5, 0.6) is 17.2 Å². The van der Waals surface area contributed by atoms with E-state index in [1.54, 1.807) is 50.4 Å². The summed E-state index contributed by atoms with van der Waals surface area (Å²) in [6, 6.07) is 12.3. The van der Waals surface area contributed by atoms with Gasteiger partial charge in [-0.2, -0.15) is 0 Å². The van der Waals surface area contributed by atoms with Gasteiger partial charge in [0.2, 0.25) is 0 Å². The standard InChI is InChI=1S/C23H23NO6/c1-14-21(23(26)30-5)18(12-15-6-9-17(27-2)10-7-15)22(25)24(14)16-8-11-19(28-3)20(13-16)29-4/h6-13H,1-5H3/b18-12-. The van der Waals surface area contributed by atoms with Gasteiger partial charge in [-0.05, 0) is 42.8 Å². The summed E-state index contributed by atoms with van der Waals surface area (Å²) < 4.78 is 20.7. The summed E-state index contributed by atoms with van der Waals surface area (Å²) in [5, 5.41) is 0. The molecule has 7 heteroatoms. The maximum absolute atomic E-state index is 13.3. The Kier molecular flexibility index (Phi) is 6.11. The number of benzene rings is 2. The predicted molar refractivity (Wildman–Crippen MR) is 113 cm³/mol. The molecular formula is C23H23NO6. The van der Waals surface area contributed by atoms with Crippen LogP contribution >= 0.6 is 0 Å². The van der Waals surface area contributed by atoms with Gasteiger partial charge in [0.1, 0.15) is 5.75 Å². The van der Waals surface area contributed by atoms with Gasteiger partial charge >= 0.3 is 5.97 Å². The van der Waals surface area contributed by atoms with Crippen LogP contribution in [0.25, 0.3) is 6.08 Å². The lowest BCUT2D eigenvalue weighted by Crippen LogP contribution is -2.24. The number of carbonyl (C=O) groups excluding carboxylic acids is 2. The van der Waals surface area contributed by atoms with Gasteiger partial charge < -0.3 is 18.9 Å². The Hall–Kier alpha value is -3.74. The van der Waals surface area contributed by atoms with E-state index in [1.807, 2.05) is 12.1 Å². The minimum absolute atomic E-state index is 0.216. The Balaban J connectivity index is 2.10. The van der Waals surface area contributed by atoms with E-state index in [0.29, 0.717) is 28.6 Å². The highest BCUT2D eigenvalue weighted by atomic mass is 16.5. The Morgan fingerprint density at radius 1 is 0.900 bits per heavy atom. The fraction of sp³-hybridized carbons (Fsp3) is 0.217. The van der Waals surface area contributed by atoms with E-state index in [9.17, 15) is 9.59 Å². The molecule has 2 aromatic carbocycles. The number of methoxy groups -OCH3 is 4. The minimum Gasteiger partial charge on any atom is -0.497 e. The summed E-state index contributed by atoms with van der Waals surface area (Å²) >= 11 is 0. The van der Waals surface area contributed by atoms with E-state index in [-0.39, 0.29) is 17.1 Å². The number of rotatable bonds is 6. The normalized spacial score (nSPS) is 14.9. The van der Waals surface area contributed by atoms with E-state index in [2.05, 4.69) is 0 Å². The maximum Gasteiger partial charge on any atom is 0.340 e. The summed E-state index contributed by atoms with van der Waals surface area (Å²) in [5.41, 5.74) is 2.24. The number of amides is 1. The number of hydrogen-bond acceptors (Lipinski definition) is 6. The first-order chi connectivity index (χ1) is 14.4. The molecule has 0 aromatic heterocycles. The van der Waals surface area contributed by atoms with Crippen LogP contribution in [-0.2, 0) is 14.3 Å². The van der Waals surface area contributed by atoms with Gasteiger partial charge in [0.05, 0.1) is 45.3 Å². The second kappa shape index (κ2) is 8.73. The summed E-state index contributed by atoms with van der Waals surface area (Å²) in [6.45, 7) is 1.70. The molecule has 156 valence electrons. The molecule has 1 aliphatic rings. The molecule has 1 heterocycles. The summed E-state index contributed by atoms with van der Waals surface area (Å²) in [4.78, 5) is 27.3. The number of hydrogen-bond donors (Lipinski definition) is 0. The number of ether oxygens (including phenoxy) is 4. The third-order valence-electron chi connectivity index (χ3n) is 4.84. The predicted octanol–water partition coefficient (Wildman–Crippen LogP) is 3.59. The first-order valence-electron chi connectivity index (χ1n) is 9.17. The average Bonchev–Trinajstić information content (AvgIpc) is 3.02. The van der Waals surface area contributed by atoms with Crippen LogP contribution < -0.4 is 19.1 Å². The van der Waals surface area contributed by atoms with E-state index in [4.69, 9.17) is 18.9 Å². The summed E-state index contributed by atoms with van der Waals surface area (Å²) in [5.74, 6) is 0.792. The molecule has 0 aliphatic carbocycles. The van der Waals surface area contributed by atoms with E-state index in [1.165, 1.54) is 26.2 Å². The fourth-order valence-electron chi connectivity index (χ4n) is 3.32. The number of nitrogens with zero attached hydrogens (tertiary/aromatic N) is 1. The van der Waals surface area contributed by atoms with Crippen molar-refractivity contribution in [3.8, 4) is 17.2 Å². The first kappa shape index (κ1) is 21.0. The van der Waals surface area contributed by atoms with Crippen LogP contribution in [-0.4, -0.2) is 40.3 Å². The SMILES string of the molecule is COC(=O)C1=C(C)N(c2ccc(OC)c(OC)c2)C(=O)/C1=C\c1ccc(OC)cc1. The third-order valence-corrected chi connectivity index (χ3v) is 4.84. The smallest absolute Gasteiger partial charge is 0.340 e. The van der Waals surface area contributed by atoms with E-state index in [0.717, 1.165) is 5.56 Å². The molecule has 1 aliphatic heterocycles. The Morgan fingerprint density at radius 3 is 2.13 bits per heavy atom. The molecule has 2 aromatic rings. The van der Waals surface area contributed by atoms with Gasteiger partial charge in [-0.1, -0.05) is 12.1 Å². The van der Waals surface area contributed by atoms with Crippen LogP contribution in [0.15, 0.2) is 59.3 Å². The number of anilines is 1. The molecule has 0 fully saturated rings. The zero-order chi connectivity index (χ0) is 21.8. The zero-order valence-corrected chi connectivity index (χ0v) is 17.5. The largest absolute Gasteiger partial charge is 0.497 e. The van der Waals surface area contributed by atoms with Gasteiger partial charge in [0, 0.05) is 11.8 Å². The Bertz CT molecular complexity index is 1040.